The number of rotatable bonds is 11. The lowest BCUT2D eigenvalue weighted by Gasteiger charge is -2.23. The summed E-state index contributed by atoms with van der Waals surface area (Å²) in [5, 5.41) is 9.50. The van der Waals surface area contributed by atoms with Gasteiger partial charge < -0.3 is 14.4 Å². The Morgan fingerprint density at radius 3 is 2.33 bits per heavy atom. The number of halogens is 2. The van der Waals surface area contributed by atoms with E-state index in [2.05, 4.69) is 22.1 Å². The molecule has 2 aromatic rings. The molecule has 0 amide bonds. The molecule has 5 nitrogen and oxygen atoms in total. The Hall–Kier alpha value is -1.66. The Balaban J connectivity index is 1.90. The summed E-state index contributed by atoms with van der Waals surface area (Å²) in [6.45, 7) is 8.46. The SMILES string of the molecule is CCOCCOCCN(CC)c1ccc(N=Nc2cc(Cl)ccc2Cl)cc1. The van der Waals surface area contributed by atoms with E-state index in [4.69, 9.17) is 32.7 Å². The molecule has 2 aromatic carbocycles. The number of ether oxygens (including phenoxy) is 2. The highest BCUT2D eigenvalue weighted by atomic mass is 35.5. The van der Waals surface area contributed by atoms with Crippen LogP contribution in [0.15, 0.2) is 52.7 Å². The third-order valence-corrected chi connectivity index (χ3v) is 4.41. The molecule has 0 spiro atoms. The molecule has 146 valence electrons. The zero-order chi connectivity index (χ0) is 19.5. The van der Waals surface area contributed by atoms with Gasteiger partial charge in [-0.25, -0.2) is 0 Å². The number of hydrogen-bond donors (Lipinski definition) is 0. The maximum absolute atomic E-state index is 6.10. The minimum Gasteiger partial charge on any atom is -0.379 e. The van der Waals surface area contributed by atoms with E-state index in [1.165, 1.54) is 0 Å². The zero-order valence-electron chi connectivity index (χ0n) is 15.7. The smallest absolute Gasteiger partial charge is 0.106 e. The summed E-state index contributed by atoms with van der Waals surface area (Å²) in [5.41, 5.74) is 2.41. The van der Waals surface area contributed by atoms with Crippen molar-refractivity contribution in [3.8, 4) is 0 Å². The highest BCUT2D eigenvalue weighted by Crippen LogP contribution is 2.30. The van der Waals surface area contributed by atoms with Crippen molar-refractivity contribution in [2.24, 2.45) is 10.2 Å². The molecule has 0 atom stereocenters. The molecule has 0 aliphatic rings. The lowest BCUT2D eigenvalue weighted by Crippen LogP contribution is -2.27. The maximum Gasteiger partial charge on any atom is 0.106 e. The molecule has 0 aromatic heterocycles. The van der Waals surface area contributed by atoms with Crippen molar-refractivity contribution in [1.82, 2.24) is 0 Å². The zero-order valence-corrected chi connectivity index (χ0v) is 17.2. The second kappa shape index (κ2) is 11.9. The van der Waals surface area contributed by atoms with Crippen LogP contribution in [0.4, 0.5) is 17.1 Å². The molecule has 2 rings (SSSR count). The van der Waals surface area contributed by atoms with E-state index < -0.39 is 0 Å². The summed E-state index contributed by atoms with van der Waals surface area (Å²) in [6.07, 6.45) is 0. The summed E-state index contributed by atoms with van der Waals surface area (Å²) < 4.78 is 10.9. The van der Waals surface area contributed by atoms with Gasteiger partial charge in [0.1, 0.15) is 5.69 Å². The van der Waals surface area contributed by atoms with Gasteiger partial charge in [-0.2, -0.15) is 5.11 Å². The van der Waals surface area contributed by atoms with Crippen molar-refractivity contribution in [1.29, 1.82) is 0 Å². The van der Waals surface area contributed by atoms with Crippen molar-refractivity contribution < 1.29 is 9.47 Å². The largest absolute Gasteiger partial charge is 0.379 e. The summed E-state index contributed by atoms with van der Waals surface area (Å²) >= 11 is 12.1. The lowest BCUT2D eigenvalue weighted by atomic mass is 10.2. The molecule has 0 unspecified atom stereocenters. The van der Waals surface area contributed by atoms with E-state index in [-0.39, 0.29) is 0 Å². The minimum atomic E-state index is 0.515. The van der Waals surface area contributed by atoms with Crippen LogP contribution in [0.2, 0.25) is 10.0 Å². The van der Waals surface area contributed by atoms with Gasteiger partial charge in [0.25, 0.3) is 0 Å². The first kappa shape index (κ1) is 21.6. The lowest BCUT2D eigenvalue weighted by molar-refractivity contribution is 0.0556. The van der Waals surface area contributed by atoms with Crippen LogP contribution < -0.4 is 4.90 Å². The maximum atomic E-state index is 6.10. The average Bonchev–Trinajstić information content (AvgIpc) is 2.69. The summed E-state index contributed by atoms with van der Waals surface area (Å²) in [7, 11) is 0. The first-order valence-corrected chi connectivity index (χ1v) is 9.77. The van der Waals surface area contributed by atoms with E-state index in [0.717, 1.165) is 31.1 Å². The highest BCUT2D eigenvalue weighted by Gasteiger charge is 2.05. The first-order valence-electron chi connectivity index (χ1n) is 9.01. The van der Waals surface area contributed by atoms with Crippen LogP contribution >= 0.6 is 23.2 Å². The monoisotopic (exact) mass is 409 g/mol. The summed E-state index contributed by atoms with van der Waals surface area (Å²) in [5.74, 6) is 0. The molecule has 0 N–H and O–H groups in total. The fourth-order valence-corrected chi connectivity index (χ4v) is 2.73. The van der Waals surface area contributed by atoms with E-state index >= 15 is 0 Å². The van der Waals surface area contributed by atoms with E-state index in [9.17, 15) is 0 Å². The Morgan fingerprint density at radius 2 is 1.63 bits per heavy atom. The van der Waals surface area contributed by atoms with Gasteiger partial charge in [0.15, 0.2) is 0 Å². The van der Waals surface area contributed by atoms with Crippen LogP contribution in [-0.4, -0.2) is 39.5 Å². The molecule has 0 saturated heterocycles. The Kier molecular flexibility index (Phi) is 9.56. The van der Waals surface area contributed by atoms with Gasteiger partial charge >= 0.3 is 0 Å². The number of likely N-dealkylation sites (N-methyl/N-ethyl adjacent to an activating group) is 1. The Morgan fingerprint density at radius 1 is 0.889 bits per heavy atom. The van der Waals surface area contributed by atoms with Gasteiger partial charge in [-0.1, -0.05) is 23.2 Å². The second-order valence-corrected chi connectivity index (χ2v) is 6.54. The molecule has 0 heterocycles. The van der Waals surface area contributed by atoms with E-state index in [0.29, 0.717) is 35.6 Å². The topological polar surface area (TPSA) is 46.4 Å². The standard InChI is InChI=1S/C20H25Cl2N3O2/c1-3-25(11-12-27-14-13-26-4-2)18-8-6-17(7-9-18)23-24-20-15-16(21)5-10-19(20)22/h5-10,15H,3-4,11-14H2,1-2H3. The van der Waals surface area contributed by atoms with Crippen LogP contribution in [0.5, 0.6) is 0 Å². The number of azo groups is 1. The van der Waals surface area contributed by atoms with Gasteiger partial charge in [-0.15, -0.1) is 5.11 Å². The van der Waals surface area contributed by atoms with Gasteiger partial charge in [0, 0.05) is 30.4 Å². The number of anilines is 1. The number of hydrogen-bond acceptors (Lipinski definition) is 5. The molecular weight excluding hydrogens is 385 g/mol. The van der Waals surface area contributed by atoms with Crippen molar-refractivity contribution >= 4 is 40.3 Å². The highest BCUT2D eigenvalue weighted by molar-refractivity contribution is 6.35. The number of benzene rings is 2. The van der Waals surface area contributed by atoms with Gasteiger partial charge in [-0.05, 0) is 56.3 Å². The third-order valence-electron chi connectivity index (χ3n) is 3.86. The van der Waals surface area contributed by atoms with Crippen molar-refractivity contribution in [2.45, 2.75) is 13.8 Å². The van der Waals surface area contributed by atoms with Crippen LogP contribution in [0.1, 0.15) is 13.8 Å². The third kappa shape index (κ3) is 7.46. The molecule has 0 radical (unpaired) electrons. The summed E-state index contributed by atoms with van der Waals surface area (Å²) in [4.78, 5) is 2.25. The predicted octanol–water partition coefficient (Wildman–Crippen LogP) is 6.29. The Bertz CT molecular complexity index is 724. The second-order valence-electron chi connectivity index (χ2n) is 5.70. The normalized spacial score (nSPS) is 11.3. The average molecular weight is 410 g/mol. The van der Waals surface area contributed by atoms with E-state index in [1.807, 2.05) is 31.2 Å². The Labute approximate surface area is 170 Å². The quantitative estimate of drug-likeness (QED) is 0.323. The summed E-state index contributed by atoms with van der Waals surface area (Å²) in [6, 6.07) is 13.0. The molecular formula is C20H25Cl2N3O2. The molecule has 0 aliphatic heterocycles. The van der Waals surface area contributed by atoms with Crippen molar-refractivity contribution in [2.75, 3.05) is 44.4 Å². The van der Waals surface area contributed by atoms with Crippen molar-refractivity contribution in [3.63, 3.8) is 0 Å². The number of nitrogens with zero attached hydrogens (tertiary/aromatic N) is 3. The molecule has 0 aliphatic carbocycles. The first-order chi connectivity index (χ1) is 13.1. The minimum absolute atomic E-state index is 0.515. The molecule has 0 bridgehead atoms. The molecule has 7 heteroatoms. The fourth-order valence-electron chi connectivity index (χ4n) is 2.41. The molecule has 0 fully saturated rings. The molecule has 0 saturated carbocycles. The predicted molar refractivity (Wildman–Crippen MR) is 112 cm³/mol. The van der Waals surface area contributed by atoms with Crippen molar-refractivity contribution in [3.05, 3.63) is 52.5 Å². The fraction of sp³-hybridized carbons (Fsp3) is 0.400. The molecule has 27 heavy (non-hydrogen) atoms. The van der Waals surface area contributed by atoms with Crippen LogP contribution in [0.25, 0.3) is 0 Å². The van der Waals surface area contributed by atoms with Gasteiger partial charge in [-0.3, -0.25) is 0 Å². The van der Waals surface area contributed by atoms with Crippen LogP contribution in [0, 0.1) is 0 Å². The van der Waals surface area contributed by atoms with E-state index in [1.54, 1.807) is 18.2 Å². The van der Waals surface area contributed by atoms with Crippen LogP contribution in [0.3, 0.4) is 0 Å². The van der Waals surface area contributed by atoms with Gasteiger partial charge in [0.2, 0.25) is 0 Å². The van der Waals surface area contributed by atoms with Crippen LogP contribution in [-0.2, 0) is 9.47 Å². The van der Waals surface area contributed by atoms with Gasteiger partial charge in [0.05, 0.1) is 30.5 Å².